The highest BCUT2D eigenvalue weighted by Crippen LogP contribution is 2.37. The van der Waals surface area contributed by atoms with Crippen molar-refractivity contribution >= 4 is 28.4 Å². The maximum absolute atomic E-state index is 13.1. The van der Waals surface area contributed by atoms with Crippen LogP contribution in [0.2, 0.25) is 0 Å². The molecule has 2 aromatic rings. The van der Waals surface area contributed by atoms with E-state index in [0.717, 1.165) is 63.3 Å². The molecule has 0 unspecified atom stereocenters. The molecule has 42 heavy (non-hydrogen) atoms. The summed E-state index contributed by atoms with van der Waals surface area (Å²) in [7, 11) is 4.08. The summed E-state index contributed by atoms with van der Waals surface area (Å²) in [6.45, 7) is 9.28. The average Bonchev–Trinajstić information content (AvgIpc) is 3.02. The minimum atomic E-state index is -0.170. The second-order valence-electron chi connectivity index (χ2n) is 11.0. The van der Waals surface area contributed by atoms with Gasteiger partial charge in [-0.1, -0.05) is 62.8 Å². The van der Waals surface area contributed by atoms with E-state index in [1.165, 1.54) is 5.69 Å². The Bertz CT molecular complexity index is 1340. The number of anilines is 2. The third-order valence-electron chi connectivity index (χ3n) is 7.93. The number of unbranched alkanes of at least 4 members (excludes halogenated alkanes) is 2. The van der Waals surface area contributed by atoms with Crippen LogP contribution in [-0.2, 0) is 9.53 Å². The van der Waals surface area contributed by atoms with Gasteiger partial charge in [-0.2, -0.15) is 0 Å². The number of Topliss-reactive ketones (excluding diaryl/α,β-unsaturated/α-hetero) is 1. The Kier molecular flexibility index (Phi) is 11.4. The number of hydrogen-bond donors (Lipinski definition) is 0. The largest absolute Gasteiger partial charge is 0.871 e. The number of para-hydroxylation sites is 1. The van der Waals surface area contributed by atoms with E-state index in [1.54, 1.807) is 0 Å². The van der Waals surface area contributed by atoms with Crippen molar-refractivity contribution in [1.29, 1.82) is 0 Å². The van der Waals surface area contributed by atoms with Crippen LogP contribution in [0.5, 0.6) is 0 Å². The van der Waals surface area contributed by atoms with Crippen molar-refractivity contribution in [2.24, 2.45) is 0 Å². The molecule has 222 valence electrons. The minimum Gasteiger partial charge on any atom is -0.871 e. The summed E-state index contributed by atoms with van der Waals surface area (Å²) in [6.07, 6.45) is 12.2. The van der Waals surface area contributed by atoms with E-state index >= 15 is 0 Å². The molecule has 2 aliphatic rings. The van der Waals surface area contributed by atoms with Crippen LogP contribution in [0.1, 0.15) is 45.1 Å². The number of rotatable bonds is 15. The van der Waals surface area contributed by atoms with Crippen LogP contribution in [0, 0.1) is 0 Å². The summed E-state index contributed by atoms with van der Waals surface area (Å²) in [5.74, 6) is -0.340. The molecule has 4 rings (SSSR count). The standard InChI is InChI=1S/C36H45N3O3/c1-5-7-22-39(23-8-6-2)32-20-16-29(17-21-32)34-35(40)33(36(34)41)28-14-18-31(19-15-28)38(4)25-27-42-26-24-37(3)30-12-10-9-11-13-30/h9-21H,5-8,22-27H2,1-4H3. The molecule has 6 nitrogen and oxygen atoms in total. The molecule has 0 heterocycles. The Labute approximate surface area is 251 Å². The van der Waals surface area contributed by atoms with Gasteiger partial charge in [0.15, 0.2) is 18.0 Å². The fourth-order valence-corrected chi connectivity index (χ4v) is 5.15. The highest BCUT2D eigenvalue weighted by molar-refractivity contribution is 6.39. The second kappa shape index (κ2) is 15.4. The van der Waals surface area contributed by atoms with Gasteiger partial charge in [0.1, 0.15) is 13.7 Å². The zero-order valence-corrected chi connectivity index (χ0v) is 25.6. The minimum absolute atomic E-state index is 0.170. The lowest BCUT2D eigenvalue weighted by Crippen LogP contribution is -2.30. The van der Waals surface area contributed by atoms with Crippen LogP contribution in [0.25, 0.3) is 5.57 Å². The normalized spacial score (nSPS) is 14.5. The summed E-state index contributed by atoms with van der Waals surface area (Å²) in [6, 6.07) is 18.2. The number of likely N-dealkylation sites (N-methyl/N-ethyl adjacent to an activating group) is 2. The smallest absolute Gasteiger partial charge is 0.199 e. The highest BCUT2D eigenvalue weighted by Gasteiger charge is 2.30. The van der Waals surface area contributed by atoms with E-state index < -0.39 is 0 Å². The van der Waals surface area contributed by atoms with Gasteiger partial charge in [0, 0.05) is 61.4 Å². The molecule has 0 amide bonds. The molecule has 0 N–H and O–H groups in total. The molecule has 0 atom stereocenters. The van der Waals surface area contributed by atoms with Crippen molar-refractivity contribution in [3.8, 4) is 0 Å². The van der Waals surface area contributed by atoms with Gasteiger partial charge in [0.2, 0.25) is 0 Å². The number of ketones is 1. The number of carbonyl (C=O) groups excluding carboxylic acids is 1. The van der Waals surface area contributed by atoms with Gasteiger partial charge < -0.3 is 19.6 Å². The lowest BCUT2D eigenvalue weighted by molar-refractivity contribution is -0.499. The molecule has 2 aliphatic carbocycles. The summed E-state index contributed by atoms with van der Waals surface area (Å²) < 4.78 is 7.98. The van der Waals surface area contributed by atoms with E-state index in [2.05, 4.69) is 47.4 Å². The van der Waals surface area contributed by atoms with Gasteiger partial charge >= 0.3 is 0 Å². The third kappa shape index (κ3) is 7.68. The molecule has 0 radical (unpaired) electrons. The van der Waals surface area contributed by atoms with Crippen molar-refractivity contribution in [2.75, 3.05) is 63.3 Å². The molecule has 2 aromatic carbocycles. The number of nitrogens with zero attached hydrogens (tertiary/aromatic N) is 3. The number of allylic oxidation sites excluding steroid dienone is 7. The lowest BCUT2D eigenvalue weighted by Gasteiger charge is -2.32. The molecule has 0 saturated carbocycles. The van der Waals surface area contributed by atoms with Crippen molar-refractivity contribution < 1.29 is 19.2 Å². The molecule has 0 aliphatic heterocycles. The van der Waals surface area contributed by atoms with Crippen LogP contribution in [-0.4, -0.2) is 69.6 Å². The Hall–Kier alpha value is -3.90. The van der Waals surface area contributed by atoms with E-state index in [4.69, 9.17) is 4.74 Å². The first kappa shape index (κ1) is 31.0. The maximum Gasteiger partial charge on any atom is 0.199 e. The third-order valence-corrected chi connectivity index (χ3v) is 7.93. The summed E-state index contributed by atoms with van der Waals surface area (Å²) >= 11 is 0. The molecule has 6 heteroatoms. The Morgan fingerprint density at radius 3 is 2.02 bits per heavy atom. The Morgan fingerprint density at radius 2 is 1.43 bits per heavy atom. The zero-order chi connectivity index (χ0) is 29.9. The molecular formula is C36H45N3O3. The van der Waals surface area contributed by atoms with Crippen LogP contribution in [0.15, 0.2) is 95.8 Å². The van der Waals surface area contributed by atoms with Gasteiger partial charge in [0.25, 0.3) is 0 Å². The average molecular weight is 568 g/mol. The van der Waals surface area contributed by atoms with E-state index in [1.807, 2.05) is 73.8 Å². The number of carbonyl (C=O) groups is 1. The van der Waals surface area contributed by atoms with Crippen molar-refractivity contribution in [3.63, 3.8) is 0 Å². The quantitative estimate of drug-likeness (QED) is 0.164. The van der Waals surface area contributed by atoms with Crippen LogP contribution < -0.4 is 14.9 Å². The predicted octanol–water partition coefficient (Wildman–Crippen LogP) is 5.41. The molecular weight excluding hydrogens is 522 g/mol. The van der Waals surface area contributed by atoms with E-state index in [-0.39, 0.29) is 17.1 Å². The molecule has 0 spiro atoms. The fourth-order valence-electron chi connectivity index (χ4n) is 5.15. The molecule has 0 fully saturated rings. The predicted molar refractivity (Wildman–Crippen MR) is 172 cm³/mol. The second-order valence-corrected chi connectivity index (χ2v) is 11.0. The van der Waals surface area contributed by atoms with E-state index in [0.29, 0.717) is 29.9 Å². The van der Waals surface area contributed by atoms with Crippen LogP contribution in [0.4, 0.5) is 11.4 Å². The van der Waals surface area contributed by atoms with Crippen molar-refractivity contribution in [2.45, 2.75) is 39.5 Å². The first-order valence-corrected chi connectivity index (χ1v) is 15.3. The SMILES string of the molecule is CCCCN(CCCC)c1ccc(C2=C([O-])C(=C3C=CC(=[N+](C)CCOCCN(C)c4ccccc4)C=C3)C2=O)cc1. The molecule has 0 bridgehead atoms. The monoisotopic (exact) mass is 567 g/mol. The van der Waals surface area contributed by atoms with Gasteiger partial charge in [-0.25, -0.2) is 4.58 Å². The lowest BCUT2D eigenvalue weighted by atomic mass is 9.80. The maximum atomic E-state index is 13.1. The first-order chi connectivity index (χ1) is 20.4. The summed E-state index contributed by atoms with van der Waals surface area (Å²) in [5.41, 5.74) is 5.29. The van der Waals surface area contributed by atoms with Gasteiger partial charge in [-0.05, 0) is 60.4 Å². The Balaban J connectivity index is 1.33. The van der Waals surface area contributed by atoms with Gasteiger partial charge in [-0.3, -0.25) is 4.79 Å². The topological polar surface area (TPSA) is 58.8 Å². The van der Waals surface area contributed by atoms with Crippen molar-refractivity contribution in [3.05, 3.63) is 101 Å². The highest BCUT2D eigenvalue weighted by atomic mass is 16.5. The number of ether oxygens (including phenoxy) is 1. The summed E-state index contributed by atoms with van der Waals surface area (Å²) in [4.78, 5) is 17.7. The van der Waals surface area contributed by atoms with Crippen LogP contribution in [0.3, 0.4) is 0 Å². The van der Waals surface area contributed by atoms with Gasteiger partial charge in [0.05, 0.1) is 6.61 Å². The van der Waals surface area contributed by atoms with E-state index in [9.17, 15) is 9.90 Å². The number of benzene rings is 2. The fraction of sp³-hybridized carbons (Fsp3) is 0.389. The summed E-state index contributed by atoms with van der Waals surface area (Å²) in [5, 5.41) is 13.1. The van der Waals surface area contributed by atoms with Crippen LogP contribution >= 0.6 is 0 Å². The molecule has 0 aromatic heterocycles. The van der Waals surface area contributed by atoms with Crippen molar-refractivity contribution in [1.82, 2.24) is 0 Å². The first-order valence-electron chi connectivity index (χ1n) is 15.3. The Morgan fingerprint density at radius 1 is 0.786 bits per heavy atom. The zero-order valence-electron chi connectivity index (χ0n) is 25.6. The van der Waals surface area contributed by atoms with Gasteiger partial charge in [-0.15, -0.1) is 0 Å². The number of hydrogen-bond acceptors (Lipinski definition) is 5. The molecule has 0 saturated heterocycles.